The summed E-state index contributed by atoms with van der Waals surface area (Å²) < 4.78 is 28.1. The lowest BCUT2D eigenvalue weighted by Crippen LogP contribution is -2.51. The Morgan fingerprint density at radius 2 is 1.72 bits per heavy atom. The number of nitrogens with one attached hydrogen (secondary N) is 1. The molecular weight excluding hydrogens is 364 g/mol. The maximum atomic E-state index is 12.7. The maximum absolute atomic E-state index is 12.7. The van der Waals surface area contributed by atoms with Gasteiger partial charge in [0.25, 0.3) is 5.69 Å². The average molecular weight is 385 g/mol. The van der Waals surface area contributed by atoms with Crippen molar-refractivity contribution in [2.45, 2.75) is 43.4 Å². The van der Waals surface area contributed by atoms with Crippen molar-refractivity contribution in [2.24, 2.45) is 23.2 Å². The van der Waals surface area contributed by atoms with E-state index in [9.17, 15) is 18.5 Å². The van der Waals surface area contributed by atoms with Crippen LogP contribution in [-0.4, -0.2) is 19.9 Å². The first-order valence-corrected chi connectivity index (χ1v) is 10.6. The molecule has 1 aromatic carbocycles. The third-order valence-electron chi connectivity index (χ3n) is 6.22. The number of non-ortho nitro benzene ring substituents is 1. The van der Waals surface area contributed by atoms with Gasteiger partial charge in [-0.3, -0.25) is 10.1 Å². The number of sulfonamides is 1. The molecule has 0 aliphatic heterocycles. The number of hydrogen-bond donors (Lipinski definition) is 1. The number of benzene rings is 1. The summed E-state index contributed by atoms with van der Waals surface area (Å²) >= 11 is 6.00. The molecule has 0 saturated heterocycles. The molecule has 0 heterocycles. The number of rotatable bonds is 5. The predicted molar refractivity (Wildman–Crippen MR) is 93.9 cm³/mol. The van der Waals surface area contributed by atoms with E-state index in [2.05, 4.69) is 4.72 Å². The zero-order valence-electron chi connectivity index (χ0n) is 13.8. The first kappa shape index (κ1) is 17.2. The lowest BCUT2D eigenvalue weighted by Gasteiger charge is -2.56. The van der Waals surface area contributed by atoms with Crippen molar-refractivity contribution in [3.8, 4) is 0 Å². The maximum Gasteiger partial charge on any atom is 0.270 e. The molecule has 4 aliphatic rings. The van der Waals surface area contributed by atoms with Crippen molar-refractivity contribution < 1.29 is 13.3 Å². The second-order valence-corrected chi connectivity index (χ2v) is 10.3. The van der Waals surface area contributed by atoms with Crippen LogP contribution in [0.25, 0.3) is 0 Å². The van der Waals surface area contributed by atoms with Gasteiger partial charge in [0.1, 0.15) is 4.90 Å². The van der Waals surface area contributed by atoms with Crippen LogP contribution in [0.1, 0.15) is 38.5 Å². The summed E-state index contributed by atoms with van der Waals surface area (Å²) in [6.45, 7) is 0.401. The highest BCUT2D eigenvalue weighted by Crippen LogP contribution is 2.59. The third-order valence-corrected chi connectivity index (χ3v) is 8.10. The molecule has 0 atom stereocenters. The van der Waals surface area contributed by atoms with Gasteiger partial charge < -0.3 is 0 Å². The molecule has 8 heteroatoms. The summed E-state index contributed by atoms with van der Waals surface area (Å²) in [6.07, 6.45) is 7.15. The fraction of sp³-hybridized carbons (Fsp3) is 0.647. The summed E-state index contributed by atoms with van der Waals surface area (Å²) in [5.41, 5.74) is -0.228. The van der Waals surface area contributed by atoms with E-state index >= 15 is 0 Å². The van der Waals surface area contributed by atoms with Crippen LogP contribution in [0.2, 0.25) is 5.02 Å². The summed E-state index contributed by atoms with van der Waals surface area (Å²) in [5.74, 6) is 2.20. The van der Waals surface area contributed by atoms with Gasteiger partial charge in [-0.1, -0.05) is 11.6 Å². The minimum absolute atomic E-state index is 0.00334. The van der Waals surface area contributed by atoms with E-state index in [1.165, 1.54) is 31.4 Å². The molecule has 4 aliphatic carbocycles. The lowest BCUT2D eigenvalue weighted by atomic mass is 9.50. The number of nitro groups is 1. The second kappa shape index (κ2) is 5.93. The van der Waals surface area contributed by atoms with Crippen LogP contribution in [0.5, 0.6) is 0 Å². The van der Waals surface area contributed by atoms with Crippen LogP contribution in [0.4, 0.5) is 5.69 Å². The molecule has 0 unspecified atom stereocenters. The fourth-order valence-electron chi connectivity index (χ4n) is 5.64. The Bertz CT molecular complexity index is 789. The fourth-order valence-corrected chi connectivity index (χ4v) is 7.32. The largest absolute Gasteiger partial charge is 0.270 e. The smallest absolute Gasteiger partial charge is 0.258 e. The number of nitrogens with zero attached hydrogens (tertiary/aromatic N) is 1. The van der Waals surface area contributed by atoms with Gasteiger partial charge in [0.2, 0.25) is 10.0 Å². The minimum atomic E-state index is -3.88. The zero-order chi connectivity index (χ0) is 17.8. The molecule has 4 saturated carbocycles. The Morgan fingerprint density at radius 3 is 2.24 bits per heavy atom. The van der Waals surface area contributed by atoms with Gasteiger partial charge in [0, 0.05) is 18.7 Å². The summed E-state index contributed by atoms with van der Waals surface area (Å²) in [5, 5.41) is 10.9. The van der Waals surface area contributed by atoms with E-state index in [0.29, 0.717) is 6.54 Å². The molecule has 136 valence electrons. The molecule has 1 N–H and O–H groups in total. The Labute approximate surface area is 152 Å². The van der Waals surface area contributed by atoms with Crippen LogP contribution >= 0.6 is 11.6 Å². The van der Waals surface area contributed by atoms with Gasteiger partial charge in [0.05, 0.1) is 9.95 Å². The van der Waals surface area contributed by atoms with Crippen molar-refractivity contribution >= 4 is 27.3 Å². The van der Waals surface area contributed by atoms with Crippen molar-refractivity contribution in [3.05, 3.63) is 33.3 Å². The first-order chi connectivity index (χ1) is 11.8. The van der Waals surface area contributed by atoms with Crippen LogP contribution in [-0.2, 0) is 10.0 Å². The SMILES string of the molecule is O=[N+]([O-])c1ccc(Cl)c(S(=O)(=O)NCC23CC4CC(CC(C4)C2)C3)c1. The van der Waals surface area contributed by atoms with Crippen molar-refractivity contribution in [1.82, 2.24) is 4.72 Å². The highest BCUT2D eigenvalue weighted by molar-refractivity contribution is 7.89. The Morgan fingerprint density at radius 1 is 1.16 bits per heavy atom. The predicted octanol–water partition coefficient (Wildman–Crippen LogP) is 3.74. The van der Waals surface area contributed by atoms with Gasteiger partial charge in [-0.25, -0.2) is 13.1 Å². The summed E-state index contributed by atoms with van der Waals surface area (Å²) in [6, 6.07) is 3.50. The van der Waals surface area contributed by atoms with Gasteiger partial charge in [-0.2, -0.15) is 0 Å². The molecule has 4 bridgehead atoms. The molecule has 4 fully saturated rings. The van der Waals surface area contributed by atoms with Gasteiger partial charge in [0.15, 0.2) is 0 Å². The molecule has 0 aromatic heterocycles. The van der Waals surface area contributed by atoms with Gasteiger partial charge in [-0.15, -0.1) is 0 Å². The molecule has 0 radical (unpaired) electrons. The highest BCUT2D eigenvalue weighted by atomic mass is 35.5. The van der Waals surface area contributed by atoms with Crippen LogP contribution in [0.3, 0.4) is 0 Å². The van der Waals surface area contributed by atoms with Crippen LogP contribution in [0, 0.1) is 33.3 Å². The molecule has 0 spiro atoms. The molecule has 5 rings (SSSR count). The quantitative estimate of drug-likeness (QED) is 0.618. The van der Waals surface area contributed by atoms with E-state index < -0.39 is 14.9 Å². The van der Waals surface area contributed by atoms with E-state index in [0.717, 1.165) is 43.1 Å². The number of hydrogen-bond acceptors (Lipinski definition) is 4. The monoisotopic (exact) mass is 384 g/mol. The Hall–Kier alpha value is -1.18. The van der Waals surface area contributed by atoms with E-state index in [4.69, 9.17) is 11.6 Å². The van der Waals surface area contributed by atoms with E-state index in [-0.39, 0.29) is 21.0 Å². The average Bonchev–Trinajstić information content (AvgIpc) is 2.52. The van der Waals surface area contributed by atoms with Gasteiger partial charge >= 0.3 is 0 Å². The summed E-state index contributed by atoms with van der Waals surface area (Å²) in [4.78, 5) is 10.1. The van der Waals surface area contributed by atoms with Crippen molar-refractivity contribution in [2.75, 3.05) is 6.54 Å². The molecule has 1 aromatic rings. The molecular formula is C17H21ClN2O4S. The lowest BCUT2D eigenvalue weighted by molar-refractivity contribution is -0.385. The van der Waals surface area contributed by atoms with Crippen molar-refractivity contribution in [1.29, 1.82) is 0 Å². The minimum Gasteiger partial charge on any atom is -0.258 e. The van der Waals surface area contributed by atoms with E-state index in [1.807, 2.05) is 0 Å². The van der Waals surface area contributed by atoms with Crippen LogP contribution < -0.4 is 4.72 Å². The first-order valence-electron chi connectivity index (χ1n) is 8.70. The third kappa shape index (κ3) is 3.17. The zero-order valence-corrected chi connectivity index (χ0v) is 15.4. The summed E-state index contributed by atoms with van der Waals surface area (Å²) in [7, 11) is -3.88. The molecule has 0 amide bonds. The molecule has 6 nitrogen and oxygen atoms in total. The van der Waals surface area contributed by atoms with E-state index in [1.54, 1.807) is 0 Å². The van der Waals surface area contributed by atoms with Crippen molar-refractivity contribution in [3.63, 3.8) is 0 Å². The number of halogens is 1. The highest BCUT2D eigenvalue weighted by Gasteiger charge is 2.51. The van der Waals surface area contributed by atoms with Crippen LogP contribution in [0.15, 0.2) is 23.1 Å². The Kier molecular flexibility index (Phi) is 4.09. The standard InChI is InChI=1S/C17H21ClN2O4S/c18-15-2-1-14(20(21)22)6-16(15)25(23,24)19-10-17-7-11-3-12(8-17)5-13(4-11)9-17/h1-2,6,11-13,19H,3-5,7-10H2. The van der Waals surface area contributed by atoms with Gasteiger partial charge in [-0.05, 0) is 67.8 Å². The topological polar surface area (TPSA) is 89.3 Å². The molecule has 25 heavy (non-hydrogen) atoms. The normalized spacial score (nSPS) is 33.6. The number of nitro benzene ring substituents is 1. The Balaban J connectivity index is 1.55. The second-order valence-electron chi connectivity index (χ2n) is 8.11.